The van der Waals surface area contributed by atoms with Gasteiger partial charge in [-0.2, -0.15) is 0 Å². The summed E-state index contributed by atoms with van der Waals surface area (Å²) in [4.78, 5) is 11.8. The number of amides is 1. The highest BCUT2D eigenvalue weighted by Crippen LogP contribution is 1.94. The zero-order valence-corrected chi connectivity index (χ0v) is 10.8. The lowest BCUT2D eigenvalue weighted by atomic mass is 10.2. The Labute approximate surface area is 103 Å². The topological polar surface area (TPSA) is 64.3 Å². The number of hydrogen-bond donors (Lipinski definition) is 2. The molecule has 0 radical (unpaired) electrons. The standard InChI is InChI=1S/C11H22N2O2S/c1-2-8-15-9-6-11(14)13-7-4-3-5-10(12)16/h2-9H2,1H3,(H2,12,16)(H,13,14). The van der Waals surface area contributed by atoms with E-state index in [-0.39, 0.29) is 5.91 Å². The van der Waals surface area contributed by atoms with Crippen molar-refractivity contribution in [2.24, 2.45) is 5.73 Å². The molecule has 0 atom stereocenters. The van der Waals surface area contributed by atoms with Crippen molar-refractivity contribution in [2.45, 2.75) is 39.0 Å². The number of carbonyl (C=O) groups is 1. The van der Waals surface area contributed by atoms with Gasteiger partial charge in [-0.1, -0.05) is 19.1 Å². The first-order valence-electron chi connectivity index (χ1n) is 5.79. The van der Waals surface area contributed by atoms with E-state index < -0.39 is 0 Å². The lowest BCUT2D eigenvalue weighted by molar-refractivity contribution is -0.122. The first kappa shape index (κ1) is 15.3. The average molecular weight is 246 g/mol. The van der Waals surface area contributed by atoms with Crippen LogP contribution in [0.15, 0.2) is 0 Å². The molecular formula is C11H22N2O2S. The van der Waals surface area contributed by atoms with Gasteiger partial charge in [-0.25, -0.2) is 0 Å². The van der Waals surface area contributed by atoms with E-state index in [4.69, 9.17) is 22.7 Å². The van der Waals surface area contributed by atoms with Crippen molar-refractivity contribution in [3.63, 3.8) is 0 Å². The summed E-state index contributed by atoms with van der Waals surface area (Å²) in [5, 5.41) is 2.83. The monoisotopic (exact) mass is 246 g/mol. The van der Waals surface area contributed by atoms with Crippen LogP contribution in [0.2, 0.25) is 0 Å². The molecule has 1 amide bonds. The highest BCUT2D eigenvalue weighted by molar-refractivity contribution is 7.80. The molecule has 5 heteroatoms. The molecule has 0 unspecified atom stereocenters. The molecule has 0 aliphatic rings. The summed E-state index contributed by atoms with van der Waals surface area (Å²) in [5.74, 6) is 0.0476. The van der Waals surface area contributed by atoms with Crippen molar-refractivity contribution in [2.75, 3.05) is 19.8 Å². The molecule has 0 heterocycles. The van der Waals surface area contributed by atoms with Gasteiger partial charge in [0, 0.05) is 19.6 Å². The molecule has 0 rings (SSSR count). The molecule has 0 aliphatic heterocycles. The van der Waals surface area contributed by atoms with Crippen LogP contribution in [0.3, 0.4) is 0 Å². The number of hydrogen-bond acceptors (Lipinski definition) is 3. The minimum atomic E-state index is 0.0476. The van der Waals surface area contributed by atoms with E-state index in [0.29, 0.717) is 24.6 Å². The fourth-order valence-electron chi connectivity index (χ4n) is 1.15. The van der Waals surface area contributed by atoms with Crippen LogP contribution in [0.25, 0.3) is 0 Å². The molecule has 0 aliphatic carbocycles. The molecule has 0 fully saturated rings. The molecule has 0 aromatic carbocycles. The van der Waals surface area contributed by atoms with E-state index in [1.54, 1.807) is 0 Å². The fraction of sp³-hybridized carbons (Fsp3) is 0.818. The molecule has 4 nitrogen and oxygen atoms in total. The van der Waals surface area contributed by atoms with Gasteiger partial charge in [-0.05, 0) is 25.7 Å². The maximum absolute atomic E-state index is 11.3. The van der Waals surface area contributed by atoms with Gasteiger partial charge in [0.25, 0.3) is 0 Å². The van der Waals surface area contributed by atoms with Crippen LogP contribution < -0.4 is 11.1 Å². The predicted molar refractivity (Wildman–Crippen MR) is 69.4 cm³/mol. The highest BCUT2D eigenvalue weighted by Gasteiger charge is 2.00. The van der Waals surface area contributed by atoms with Crippen molar-refractivity contribution >= 4 is 23.1 Å². The summed E-state index contributed by atoms with van der Waals surface area (Å²) in [6.45, 7) is 3.96. The Morgan fingerprint density at radius 2 is 2.06 bits per heavy atom. The summed E-state index contributed by atoms with van der Waals surface area (Å²) in [6.07, 6.45) is 4.03. The van der Waals surface area contributed by atoms with Crippen LogP contribution >= 0.6 is 12.2 Å². The summed E-state index contributed by atoms with van der Waals surface area (Å²) in [7, 11) is 0. The second-order valence-corrected chi connectivity index (χ2v) is 4.16. The van der Waals surface area contributed by atoms with Crippen LogP contribution in [0.4, 0.5) is 0 Å². The Hall–Kier alpha value is -0.680. The molecule has 0 spiro atoms. The molecule has 94 valence electrons. The average Bonchev–Trinajstić information content (AvgIpc) is 2.23. The van der Waals surface area contributed by atoms with Crippen molar-refractivity contribution in [3.8, 4) is 0 Å². The third-order valence-electron chi connectivity index (χ3n) is 1.99. The van der Waals surface area contributed by atoms with Gasteiger partial charge in [-0.15, -0.1) is 0 Å². The highest BCUT2D eigenvalue weighted by atomic mass is 32.1. The maximum Gasteiger partial charge on any atom is 0.222 e. The normalized spacial score (nSPS) is 10.1. The van der Waals surface area contributed by atoms with Crippen LogP contribution in [0.5, 0.6) is 0 Å². The number of carbonyl (C=O) groups excluding carboxylic acids is 1. The van der Waals surface area contributed by atoms with Gasteiger partial charge in [0.05, 0.1) is 11.6 Å². The summed E-state index contributed by atoms with van der Waals surface area (Å²) < 4.78 is 5.22. The Balaban J connectivity index is 3.20. The minimum Gasteiger partial charge on any atom is -0.393 e. The van der Waals surface area contributed by atoms with Crippen molar-refractivity contribution < 1.29 is 9.53 Å². The number of nitrogens with two attached hydrogens (primary N) is 1. The van der Waals surface area contributed by atoms with Gasteiger partial charge in [0.1, 0.15) is 0 Å². The summed E-state index contributed by atoms with van der Waals surface area (Å²) in [5.41, 5.74) is 5.36. The number of unbranched alkanes of at least 4 members (excludes halogenated alkanes) is 1. The van der Waals surface area contributed by atoms with Crippen LogP contribution in [0.1, 0.15) is 39.0 Å². The minimum absolute atomic E-state index is 0.0476. The Bertz CT molecular complexity index is 210. The van der Waals surface area contributed by atoms with Crippen LogP contribution in [-0.2, 0) is 9.53 Å². The number of rotatable bonds is 10. The molecule has 0 saturated carbocycles. The maximum atomic E-state index is 11.3. The van der Waals surface area contributed by atoms with E-state index in [0.717, 1.165) is 32.3 Å². The lowest BCUT2D eigenvalue weighted by Gasteiger charge is -2.05. The predicted octanol–water partition coefficient (Wildman–Crippen LogP) is 1.38. The van der Waals surface area contributed by atoms with Gasteiger partial charge in [-0.3, -0.25) is 4.79 Å². The third-order valence-corrected chi connectivity index (χ3v) is 2.20. The number of thiocarbonyl (C=S) groups is 1. The van der Waals surface area contributed by atoms with E-state index in [2.05, 4.69) is 5.32 Å². The Kier molecular flexibility index (Phi) is 10.4. The van der Waals surface area contributed by atoms with Crippen molar-refractivity contribution in [1.29, 1.82) is 0 Å². The molecule has 0 aromatic heterocycles. The Morgan fingerprint density at radius 1 is 1.31 bits per heavy atom. The van der Waals surface area contributed by atoms with Gasteiger partial charge < -0.3 is 15.8 Å². The smallest absolute Gasteiger partial charge is 0.222 e. The second kappa shape index (κ2) is 10.8. The molecule has 0 aromatic rings. The van der Waals surface area contributed by atoms with Gasteiger partial charge in [0.2, 0.25) is 5.91 Å². The van der Waals surface area contributed by atoms with Crippen LogP contribution in [-0.4, -0.2) is 30.7 Å². The lowest BCUT2D eigenvalue weighted by Crippen LogP contribution is -2.25. The van der Waals surface area contributed by atoms with Crippen molar-refractivity contribution in [3.05, 3.63) is 0 Å². The summed E-state index contributed by atoms with van der Waals surface area (Å²) in [6, 6.07) is 0. The molecular weight excluding hydrogens is 224 g/mol. The molecule has 0 saturated heterocycles. The Morgan fingerprint density at radius 3 is 2.69 bits per heavy atom. The zero-order chi connectivity index (χ0) is 12.2. The molecule has 16 heavy (non-hydrogen) atoms. The quantitative estimate of drug-likeness (QED) is 0.451. The molecule has 3 N–H and O–H groups in total. The fourth-order valence-corrected chi connectivity index (χ4v) is 1.30. The second-order valence-electron chi connectivity index (χ2n) is 3.64. The van der Waals surface area contributed by atoms with Gasteiger partial charge >= 0.3 is 0 Å². The van der Waals surface area contributed by atoms with E-state index >= 15 is 0 Å². The largest absolute Gasteiger partial charge is 0.393 e. The SMILES string of the molecule is CCCOCCC(=O)NCCCCC(N)=S. The first-order valence-corrected chi connectivity index (χ1v) is 6.20. The number of nitrogens with one attached hydrogen (secondary N) is 1. The third kappa shape index (κ3) is 11.4. The summed E-state index contributed by atoms with van der Waals surface area (Å²) >= 11 is 4.75. The van der Waals surface area contributed by atoms with E-state index in [1.807, 2.05) is 6.92 Å². The van der Waals surface area contributed by atoms with E-state index in [1.165, 1.54) is 0 Å². The molecule has 0 bridgehead atoms. The van der Waals surface area contributed by atoms with Gasteiger partial charge in [0.15, 0.2) is 0 Å². The zero-order valence-electron chi connectivity index (χ0n) is 9.96. The van der Waals surface area contributed by atoms with Crippen LogP contribution in [0, 0.1) is 0 Å². The number of ether oxygens (including phenoxy) is 1. The first-order chi connectivity index (χ1) is 7.66. The van der Waals surface area contributed by atoms with Crippen molar-refractivity contribution in [1.82, 2.24) is 5.32 Å². The van der Waals surface area contributed by atoms with E-state index in [9.17, 15) is 4.79 Å².